The Morgan fingerprint density at radius 1 is 1.38 bits per heavy atom. The molecule has 0 aromatic rings. The normalized spacial score (nSPS) is 29.7. The highest BCUT2D eigenvalue weighted by atomic mass is 16.3. The summed E-state index contributed by atoms with van der Waals surface area (Å²) in [4.78, 5) is 13.6. The van der Waals surface area contributed by atoms with Gasteiger partial charge in [-0.05, 0) is 38.6 Å². The minimum Gasteiger partial charge on any atom is -0.393 e. The van der Waals surface area contributed by atoms with Crippen LogP contribution in [0, 0.1) is 5.92 Å². The van der Waals surface area contributed by atoms with Gasteiger partial charge in [0.05, 0.1) is 12.6 Å². The van der Waals surface area contributed by atoms with Crippen molar-refractivity contribution < 1.29 is 9.90 Å². The fourth-order valence-electron chi connectivity index (χ4n) is 2.44. The lowest BCUT2D eigenvalue weighted by Crippen LogP contribution is -2.39. The predicted octanol–water partition coefficient (Wildman–Crippen LogP) is 0.358. The lowest BCUT2D eigenvalue weighted by Gasteiger charge is -2.22. The van der Waals surface area contributed by atoms with Gasteiger partial charge in [0.2, 0.25) is 5.91 Å². The number of likely N-dealkylation sites (N-methyl/N-ethyl adjacent to an activating group) is 1. The van der Waals surface area contributed by atoms with E-state index in [9.17, 15) is 9.90 Å². The minimum absolute atomic E-state index is 0.123. The van der Waals surface area contributed by atoms with Crippen molar-refractivity contribution in [1.82, 2.24) is 10.2 Å². The van der Waals surface area contributed by atoms with Crippen LogP contribution >= 0.6 is 0 Å². The molecule has 2 fully saturated rings. The van der Waals surface area contributed by atoms with Gasteiger partial charge in [-0.25, -0.2) is 0 Å². The monoisotopic (exact) mass is 226 g/mol. The molecule has 0 aliphatic heterocycles. The largest absolute Gasteiger partial charge is 0.393 e. The molecule has 0 bridgehead atoms. The average molecular weight is 226 g/mol. The van der Waals surface area contributed by atoms with E-state index in [1.54, 1.807) is 0 Å². The summed E-state index contributed by atoms with van der Waals surface area (Å²) in [5.41, 5.74) is 0. The van der Waals surface area contributed by atoms with Crippen LogP contribution < -0.4 is 5.32 Å². The molecule has 92 valence electrons. The third-order valence-corrected chi connectivity index (χ3v) is 3.52. The van der Waals surface area contributed by atoms with Crippen molar-refractivity contribution in [3.05, 3.63) is 0 Å². The Kier molecular flexibility index (Phi) is 3.82. The van der Waals surface area contributed by atoms with Gasteiger partial charge in [-0.15, -0.1) is 0 Å². The molecule has 4 heteroatoms. The first-order chi connectivity index (χ1) is 7.65. The van der Waals surface area contributed by atoms with Crippen molar-refractivity contribution >= 4 is 5.91 Å². The van der Waals surface area contributed by atoms with Crippen molar-refractivity contribution in [2.45, 2.75) is 44.2 Å². The van der Waals surface area contributed by atoms with Crippen LogP contribution in [0.25, 0.3) is 0 Å². The molecule has 0 spiro atoms. The molecule has 2 rings (SSSR count). The highest BCUT2D eigenvalue weighted by Crippen LogP contribution is 2.25. The molecule has 2 saturated carbocycles. The summed E-state index contributed by atoms with van der Waals surface area (Å²) in [5.74, 6) is 0.483. The fraction of sp³-hybridized carbons (Fsp3) is 0.917. The lowest BCUT2D eigenvalue weighted by molar-refractivity contribution is -0.122. The Balaban J connectivity index is 1.66. The van der Waals surface area contributed by atoms with Crippen molar-refractivity contribution in [3.8, 4) is 0 Å². The van der Waals surface area contributed by atoms with Crippen LogP contribution in [0.4, 0.5) is 0 Å². The number of carbonyl (C=O) groups is 1. The Morgan fingerprint density at radius 2 is 2.12 bits per heavy atom. The van der Waals surface area contributed by atoms with Gasteiger partial charge in [-0.2, -0.15) is 0 Å². The molecule has 0 radical (unpaired) electrons. The van der Waals surface area contributed by atoms with Crippen molar-refractivity contribution in [2.24, 2.45) is 5.92 Å². The summed E-state index contributed by atoms with van der Waals surface area (Å²) in [6, 6.07) is 0.443. The van der Waals surface area contributed by atoms with Crippen LogP contribution in [0.1, 0.15) is 32.1 Å². The highest BCUT2D eigenvalue weighted by Gasteiger charge is 2.27. The Bertz CT molecular complexity index is 253. The van der Waals surface area contributed by atoms with E-state index in [-0.39, 0.29) is 12.0 Å². The maximum atomic E-state index is 11.5. The summed E-state index contributed by atoms with van der Waals surface area (Å²) < 4.78 is 0. The summed E-state index contributed by atoms with van der Waals surface area (Å²) in [6.45, 7) is 1.29. The molecule has 0 saturated heterocycles. The molecule has 0 aromatic carbocycles. The maximum absolute atomic E-state index is 11.5. The maximum Gasteiger partial charge on any atom is 0.234 e. The van der Waals surface area contributed by atoms with Gasteiger partial charge in [0, 0.05) is 12.6 Å². The molecule has 0 aromatic heterocycles. The number of aliphatic hydroxyl groups excluding tert-OH is 1. The van der Waals surface area contributed by atoms with E-state index < -0.39 is 0 Å². The molecule has 2 aliphatic rings. The number of nitrogens with one attached hydrogen (secondary N) is 1. The molecule has 2 unspecified atom stereocenters. The zero-order chi connectivity index (χ0) is 11.5. The second-order valence-electron chi connectivity index (χ2n) is 5.30. The van der Waals surface area contributed by atoms with E-state index >= 15 is 0 Å². The molecule has 4 nitrogen and oxygen atoms in total. The smallest absolute Gasteiger partial charge is 0.234 e. The lowest BCUT2D eigenvalue weighted by atomic mass is 10.1. The third kappa shape index (κ3) is 3.46. The molecular weight excluding hydrogens is 204 g/mol. The fourth-order valence-corrected chi connectivity index (χ4v) is 2.44. The van der Waals surface area contributed by atoms with Gasteiger partial charge in [0.15, 0.2) is 0 Å². The molecule has 1 amide bonds. The number of rotatable bonds is 5. The minimum atomic E-state index is -0.158. The first-order valence-electron chi connectivity index (χ1n) is 6.31. The van der Waals surface area contributed by atoms with Gasteiger partial charge < -0.3 is 10.4 Å². The van der Waals surface area contributed by atoms with Crippen molar-refractivity contribution in [2.75, 3.05) is 20.1 Å². The summed E-state index contributed by atoms with van der Waals surface area (Å²) >= 11 is 0. The van der Waals surface area contributed by atoms with E-state index in [1.165, 1.54) is 0 Å². The van der Waals surface area contributed by atoms with Gasteiger partial charge in [-0.1, -0.05) is 6.42 Å². The second kappa shape index (κ2) is 5.15. The number of nitrogens with zero attached hydrogens (tertiary/aromatic N) is 1. The molecule has 0 heterocycles. The summed E-state index contributed by atoms with van der Waals surface area (Å²) in [5, 5.41) is 12.7. The SMILES string of the molecule is CN(CC(=O)NC1CC1)CC1CCCC1O. The number of carbonyl (C=O) groups excluding carboxylic acids is 1. The zero-order valence-corrected chi connectivity index (χ0v) is 9.98. The number of hydrogen-bond acceptors (Lipinski definition) is 3. The standard InChI is InChI=1S/C12H22N2O2/c1-14(7-9-3-2-4-11(9)15)8-12(16)13-10-5-6-10/h9-11,15H,2-8H2,1H3,(H,13,16). The van der Waals surface area contributed by atoms with Crippen LogP contribution in [0.5, 0.6) is 0 Å². The molecule has 16 heavy (non-hydrogen) atoms. The van der Waals surface area contributed by atoms with E-state index in [2.05, 4.69) is 5.32 Å². The summed E-state index contributed by atoms with van der Waals surface area (Å²) in [6.07, 6.45) is 5.25. The van der Waals surface area contributed by atoms with Crippen LogP contribution in [0.2, 0.25) is 0 Å². The van der Waals surface area contributed by atoms with Crippen LogP contribution in [0.15, 0.2) is 0 Å². The van der Waals surface area contributed by atoms with Crippen LogP contribution in [-0.4, -0.2) is 48.2 Å². The topological polar surface area (TPSA) is 52.6 Å². The predicted molar refractivity (Wildman–Crippen MR) is 62.0 cm³/mol. The zero-order valence-electron chi connectivity index (χ0n) is 9.98. The second-order valence-corrected chi connectivity index (χ2v) is 5.30. The average Bonchev–Trinajstić information content (AvgIpc) is 2.91. The van der Waals surface area contributed by atoms with Gasteiger partial charge >= 0.3 is 0 Å². The molecule has 2 N–H and O–H groups in total. The third-order valence-electron chi connectivity index (χ3n) is 3.52. The first-order valence-corrected chi connectivity index (χ1v) is 6.31. The Labute approximate surface area is 97.0 Å². The van der Waals surface area contributed by atoms with Crippen molar-refractivity contribution in [1.29, 1.82) is 0 Å². The van der Waals surface area contributed by atoms with Gasteiger partial charge in [0.25, 0.3) is 0 Å². The number of hydrogen-bond donors (Lipinski definition) is 2. The molecule has 2 atom stereocenters. The van der Waals surface area contributed by atoms with Crippen LogP contribution in [0.3, 0.4) is 0 Å². The quantitative estimate of drug-likeness (QED) is 0.711. The first kappa shape index (κ1) is 11.9. The summed E-state index contributed by atoms with van der Waals surface area (Å²) in [7, 11) is 1.96. The van der Waals surface area contributed by atoms with E-state index in [1.807, 2.05) is 11.9 Å². The number of aliphatic hydroxyl groups is 1. The van der Waals surface area contributed by atoms with Crippen molar-refractivity contribution in [3.63, 3.8) is 0 Å². The van der Waals surface area contributed by atoms with Crippen LogP contribution in [-0.2, 0) is 4.79 Å². The Hall–Kier alpha value is -0.610. The Morgan fingerprint density at radius 3 is 2.69 bits per heavy atom. The molecule has 2 aliphatic carbocycles. The van der Waals surface area contributed by atoms with Gasteiger partial charge in [0.1, 0.15) is 0 Å². The highest BCUT2D eigenvalue weighted by molar-refractivity contribution is 5.78. The van der Waals surface area contributed by atoms with E-state index in [4.69, 9.17) is 0 Å². The van der Waals surface area contributed by atoms with Gasteiger partial charge in [-0.3, -0.25) is 9.69 Å². The molecular formula is C12H22N2O2. The number of amides is 1. The van der Waals surface area contributed by atoms with E-state index in [0.717, 1.165) is 38.6 Å². The van der Waals surface area contributed by atoms with E-state index in [0.29, 0.717) is 18.5 Å².